The third-order valence-corrected chi connectivity index (χ3v) is 6.35. The third kappa shape index (κ3) is 6.23. The summed E-state index contributed by atoms with van der Waals surface area (Å²) in [6, 6.07) is 23.3. The van der Waals surface area contributed by atoms with Gasteiger partial charge in [0.25, 0.3) is 11.7 Å². The Labute approximate surface area is 223 Å². The third-order valence-electron chi connectivity index (χ3n) is 6.35. The summed E-state index contributed by atoms with van der Waals surface area (Å²) in [4.78, 5) is 29.9. The van der Waals surface area contributed by atoms with Gasteiger partial charge in [-0.25, -0.2) is 0 Å². The molecule has 1 unspecified atom stereocenters. The zero-order valence-corrected chi connectivity index (χ0v) is 22.1. The van der Waals surface area contributed by atoms with Crippen LogP contribution < -0.4 is 9.47 Å². The number of nitrogens with zero attached hydrogens (tertiary/aromatic N) is 2. The molecule has 1 atom stereocenters. The van der Waals surface area contributed by atoms with Crippen LogP contribution in [-0.4, -0.2) is 60.4 Å². The molecular weight excluding hydrogens is 480 g/mol. The first kappa shape index (κ1) is 26.9. The average Bonchev–Trinajstić information content (AvgIpc) is 3.19. The highest BCUT2D eigenvalue weighted by Crippen LogP contribution is 2.40. The number of likely N-dealkylation sites (tertiary alicyclic amines) is 1. The van der Waals surface area contributed by atoms with Gasteiger partial charge in [-0.2, -0.15) is 0 Å². The van der Waals surface area contributed by atoms with Crippen molar-refractivity contribution < 1.29 is 24.2 Å². The second-order valence-corrected chi connectivity index (χ2v) is 9.52. The molecule has 4 rings (SSSR count). The summed E-state index contributed by atoms with van der Waals surface area (Å²) in [5, 5.41) is 11.3. The minimum atomic E-state index is -0.744. The van der Waals surface area contributed by atoms with Gasteiger partial charge < -0.3 is 24.4 Å². The zero-order valence-electron chi connectivity index (χ0n) is 22.1. The lowest BCUT2D eigenvalue weighted by molar-refractivity contribution is -0.140. The van der Waals surface area contributed by atoms with Gasteiger partial charge in [0.15, 0.2) is 0 Å². The van der Waals surface area contributed by atoms with Gasteiger partial charge in [0.05, 0.1) is 18.2 Å². The van der Waals surface area contributed by atoms with E-state index >= 15 is 0 Å². The Kier molecular flexibility index (Phi) is 8.81. The molecule has 1 heterocycles. The van der Waals surface area contributed by atoms with Crippen molar-refractivity contribution >= 4 is 17.4 Å². The van der Waals surface area contributed by atoms with Gasteiger partial charge in [-0.3, -0.25) is 9.59 Å². The van der Waals surface area contributed by atoms with Gasteiger partial charge in [0, 0.05) is 18.7 Å². The summed E-state index contributed by atoms with van der Waals surface area (Å²) >= 11 is 0. The number of carbonyl (C=O) groups is 2. The standard InChI is InChI=1S/C31H34N2O5/c1-4-19-37-25-15-13-23(14-16-25)29(34)27-28(33(18-17-32(2)3)31(36)30(27)35)24-11-8-12-26(20-24)38-21-22-9-6-5-7-10-22/h5-16,20,28,34H,4,17-19,21H2,1-3H3/b29-27-. The monoisotopic (exact) mass is 514 g/mol. The van der Waals surface area contributed by atoms with Crippen LogP contribution in [0, 0.1) is 0 Å². The van der Waals surface area contributed by atoms with Crippen molar-refractivity contribution in [2.24, 2.45) is 0 Å². The van der Waals surface area contributed by atoms with E-state index in [1.165, 1.54) is 4.90 Å². The second kappa shape index (κ2) is 12.4. The Hall–Kier alpha value is -4.10. The second-order valence-electron chi connectivity index (χ2n) is 9.52. The van der Waals surface area contributed by atoms with Crippen LogP contribution in [0.3, 0.4) is 0 Å². The minimum absolute atomic E-state index is 0.0659. The topological polar surface area (TPSA) is 79.3 Å². The number of ketones is 1. The highest BCUT2D eigenvalue weighted by molar-refractivity contribution is 6.46. The summed E-state index contributed by atoms with van der Waals surface area (Å²) in [5.41, 5.74) is 2.23. The quantitative estimate of drug-likeness (QED) is 0.220. The Balaban J connectivity index is 1.70. The van der Waals surface area contributed by atoms with Gasteiger partial charge in [-0.05, 0) is 68.0 Å². The summed E-state index contributed by atoms with van der Waals surface area (Å²) in [6.45, 7) is 3.90. The van der Waals surface area contributed by atoms with Crippen LogP contribution in [0.15, 0.2) is 84.4 Å². The van der Waals surface area contributed by atoms with Crippen LogP contribution in [0.2, 0.25) is 0 Å². The highest BCUT2D eigenvalue weighted by Gasteiger charge is 2.46. The maximum atomic E-state index is 13.3. The van der Waals surface area contributed by atoms with Crippen molar-refractivity contribution in [3.05, 3.63) is 101 Å². The first-order valence-corrected chi connectivity index (χ1v) is 12.8. The Morgan fingerprint density at radius 2 is 1.66 bits per heavy atom. The molecule has 0 radical (unpaired) electrons. The lowest BCUT2D eigenvalue weighted by atomic mass is 9.95. The van der Waals surface area contributed by atoms with E-state index in [2.05, 4.69) is 0 Å². The number of Topliss-reactive ketones (excluding diaryl/α,β-unsaturated/α-hetero) is 1. The predicted octanol–water partition coefficient (Wildman–Crippen LogP) is 5.04. The largest absolute Gasteiger partial charge is 0.507 e. The molecule has 1 aliphatic rings. The van der Waals surface area contributed by atoms with E-state index < -0.39 is 17.7 Å². The molecule has 3 aromatic carbocycles. The van der Waals surface area contributed by atoms with Crippen LogP contribution in [0.4, 0.5) is 0 Å². The molecule has 0 aliphatic carbocycles. The number of rotatable bonds is 11. The highest BCUT2D eigenvalue weighted by atomic mass is 16.5. The number of aliphatic hydroxyl groups is 1. The van der Waals surface area contributed by atoms with E-state index in [0.29, 0.717) is 48.9 Å². The number of benzene rings is 3. The molecule has 1 saturated heterocycles. The van der Waals surface area contributed by atoms with E-state index in [-0.39, 0.29) is 11.3 Å². The molecule has 1 aliphatic heterocycles. The molecule has 0 bridgehead atoms. The van der Waals surface area contributed by atoms with Crippen LogP contribution in [0.25, 0.3) is 5.76 Å². The first-order chi connectivity index (χ1) is 18.4. The lowest BCUT2D eigenvalue weighted by Crippen LogP contribution is -2.35. The smallest absolute Gasteiger partial charge is 0.295 e. The number of hydrogen-bond donors (Lipinski definition) is 1. The van der Waals surface area contributed by atoms with Gasteiger partial charge in [-0.1, -0.05) is 49.4 Å². The average molecular weight is 515 g/mol. The molecule has 1 N–H and O–H groups in total. The molecule has 1 amide bonds. The van der Waals surface area contributed by atoms with E-state index in [1.54, 1.807) is 24.3 Å². The summed E-state index contributed by atoms with van der Waals surface area (Å²) < 4.78 is 11.7. The van der Waals surface area contributed by atoms with Crippen molar-refractivity contribution in [2.45, 2.75) is 26.0 Å². The Morgan fingerprint density at radius 3 is 2.34 bits per heavy atom. The van der Waals surface area contributed by atoms with Crippen LogP contribution in [-0.2, 0) is 16.2 Å². The molecule has 7 nitrogen and oxygen atoms in total. The summed E-state index contributed by atoms with van der Waals surface area (Å²) in [7, 11) is 3.82. The van der Waals surface area contributed by atoms with Gasteiger partial charge in [0.1, 0.15) is 23.9 Å². The first-order valence-electron chi connectivity index (χ1n) is 12.8. The normalized spacial score (nSPS) is 16.7. The fraction of sp³-hybridized carbons (Fsp3) is 0.290. The number of likely N-dealkylation sites (N-methyl/N-ethyl adjacent to an activating group) is 1. The molecule has 0 saturated carbocycles. The molecule has 38 heavy (non-hydrogen) atoms. The van der Waals surface area contributed by atoms with E-state index in [9.17, 15) is 14.7 Å². The molecule has 198 valence electrons. The minimum Gasteiger partial charge on any atom is -0.507 e. The molecule has 0 spiro atoms. The molecule has 0 aromatic heterocycles. The predicted molar refractivity (Wildman–Crippen MR) is 147 cm³/mol. The fourth-order valence-electron chi connectivity index (χ4n) is 4.36. The van der Waals surface area contributed by atoms with E-state index in [1.807, 2.05) is 80.5 Å². The summed E-state index contributed by atoms with van der Waals surface area (Å²) in [6.07, 6.45) is 0.881. The number of aliphatic hydroxyl groups excluding tert-OH is 1. The number of amides is 1. The Morgan fingerprint density at radius 1 is 0.921 bits per heavy atom. The summed E-state index contributed by atoms with van der Waals surface area (Å²) in [5.74, 6) is -0.250. The van der Waals surface area contributed by atoms with Crippen LogP contribution in [0.5, 0.6) is 11.5 Å². The van der Waals surface area contributed by atoms with Crippen molar-refractivity contribution in [3.8, 4) is 11.5 Å². The van der Waals surface area contributed by atoms with Gasteiger partial charge in [0.2, 0.25) is 0 Å². The molecule has 3 aromatic rings. The van der Waals surface area contributed by atoms with Crippen molar-refractivity contribution in [1.82, 2.24) is 9.80 Å². The molecule has 7 heteroatoms. The zero-order chi connectivity index (χ0) is 27.1. The number of ether oxygens (including phenoxy) is 2. The van der Waals surface area contributed by atoms with Crippen LogP contribution >= 0.6 is 0 Å². The number of hydrogen-bond acceptors (Lipinski definition) is 6. The fourth-order valence-corrected chi connectivity index (χ4v) is 4.36. The van der Waals surface area contributed by atoms with Gasteiger partial charge >= 0.3 is 0 Å². The number of carbonyl (C=O) groups excluding carboxylic acids is 2. The lowest BCUT2D eigenvalue weighted by Gasteiger charge is -2.27. The van der Waals surface area contributed by atoms with E-state index in [4.69, 9.17) is 9.47 Å². The Bertz CT molecular complexity index is 1290. The van der Waals surface area contributed by atoms with Crippen molar-refractivity contribution in [2.75, 3.05) is 33.8 Å². The van der Waals surface area contributed by atoms with Crippen molar-refractivity contribution in [3.63, 3.8) is 0 Å². The van der Waals surface area contributed by atoms with Crippen molar-refractivity contribution in [1.29, 1.82) is 0 Å². The maximum absolute atomic E-state index is 13.3. The SMILES string of the molecule is CCCOc1ccc(/C(O)=C2/C(=O)C(=O)N(CCN(C)C)C2c2cccc(OCc3ccccc3)c2)cc1. The molecule has 1 fully saturated rings. The van der Waals surface area contributed by atoms with Crippen LogP contribution in [0.1, 0.15) is 36.1 Å². The van der Waals surface area contributed by atoms with Gasteiger partial charge in [-0.15, -0.1) is 0 Å². The molecular formula is C31H34N2O5. The van der Waals surface area contributed by atoms with E-state index in [0.717, 1.165) is 12.0 Å². The maximum Gasteiger partial charge on any atom is 0.295 e.